The van der Waals surface area contributed by atoms with Crippen molar-refractivity contribution >= 4 is 15.9 Å². The lowest BCUT2D eigenvalue weighted by Gasteiger charge is -2.09. The first-order valence-corrected chi connectivity index (χ1v) is 7.71. The van der Waals surface area contributed by atoms with Crippen molar-refractivity contribution in [2.75, 3.05) is 0 Å². The minimum Gasteiger partial charge on any atom is -0.314 e. The molecule has 0 aliphatic rings. The number of nitrogens with zero attached hydrogens (tertiary/aromatic N) is 3. The van der Waals surface area contributed by atoms with Crippen LogP contribution in [0.15, 0.2) is 24.3 Å². The Morgan fingerprint density at radius 2 is 1.71 bits per heavy atom. The van der Waals surface area contributed by atoms with Crippen LogP contribution in [0.25, 0.3) is 0 Å². The normalized spacial score (nSPS) is 11.9. The van der Waals surface area contributed by atoms with Gasteiger partial charge in [0.2, 0.25) is 0 Å². The lowest BCUT2D eigenvalue weighted by atomic mass is 10.1. The molecule has 3 nitrogen and oxygen atoms in total. The van der Waals surface area contributed by atoms with Gasteiger partial charge in [-0.1, -0.05) is 35.0 Å². The van der Waals surface area contributed by atoms with Gasteiger partial charge in [-0.25, -0.2) is 0 Å². The van der Waals surface area contributed by atoms with E-state index in [1.165, 1.54) is 12.1 Å². The van der Waals surface area contributed by atoms with Crippen molar-refractivity contribution in [3.05, 3.63) is 47.0 Å². The van der Waals surface area contributed by atoms with E-state index in [1.54, 1.807) is 0 Å². The summed E-state index contributed by atoms with van der Waals surface area (Å²) in [5.41, 5.74) is 0.149. The maximum absolute atomic E-state index is 12.5. The first kappa shape index (κ1) is 16.0. The second-order valence-electron chi connectivity index (χ2n) is 4.69. The van der Waals surface area contributed by atoms with Crippen LogP contribution >= 0.6 is 15.9 Å². The van der Waals surface area contributed by atoms with E-state index in [0.717, 1.165) is 42.3 Å². The zero-order valence-corrected chi connectivity index (χ0v) is 13.1. The van der Waals surface area contributed by atoms with Crippen molar-refractivity contribution in [1.82, 2.24) is 14.8 Å². The van der Waals surface area contributed by atoms with E-state index in [9.17, 15) is 13.2 Å². The van der Waals surface area contributed by atoms with Crippen LogP contribution in [-0.2, 0) is 24.5 Å². The number of hydrogen-bond donors (Lipinski definition) is 0. The molecule has 0 N–H and O–H groups in total. The molecule has 0 aliphatic heterocycles. The van der Waals surface area contributed by atoms with Crippen LogP contribution in [0.2, 0.25) is 0 Å². The van der Waals surface area contributed by atoms with Crippen LogP contribution in [0.1, 0.15) is 36.1 Å². The molecule has 21 heavy (non-hydrogen) atoms. The van der Waals surface area contributed by atoms with Crippen LogP contribution < -0.4 is 0 Å². The number of benzene rings is 1. The molecule has 0 aliphatic carbocycles. The van der Waals surface area contributed by atoms with Gasteiger partial charge in [0.15, 0.2) is 0 Å². The van der Waals surface area contributed by atoms with Gasteiger partial charge in [-0.15, -0.1) is 10.2 Å². The van der Waals surface area contributed by atoms with Crippen molar-refractivity contribution < 1.29 is 13.2 Å². The van der Waals surface area contributed by atoms with Gasteiger partial charge in [0.05, 0.1) is 10.9 Å². The van der Waals surface area contributed by atoms with Crippen molar-refractivity contribution in [3.63, 3.8) is 0 Å². The number of hydrogen-bond acceptors (Lipinski definition) is 2. The molecule has 7 heteroatoms. The smallest absolute Gasteiger partial charge is 0.314 e. The van der Waals surface area contributed by atoms with E-state index in [-0.39, 0.29) is 0 Å². The van der Waals surface area contributed by atoms with Gasteiger partial charge in [-0.3, -0.25) is 0 Å². The summed E-state index contributed by atoms with van der Waals surface area (Å²) in [6.07, 6.45) is -2.89. The third-order valence-electron chi connectivity index (χ3n) is 3.11. The minimum atomic E-state index is -4.30. The quantitative estimate of drug-likeness (QED) is 0.747. The maximum atomic E-state index is 12.5. The number of aromatic nitrogens is 3. The molecule has 0 fully saturated rings. The molecule has 0 amide bonds. The Labute approximate surface area is 129 Å². The summed E-state index contributed by atoms with van der Waals surface area (Å²) >= 11 is 3.36. The lowest BCUT2D eigenvalue weighted by molar-refractivity contribution is -0.137. The van der Waals surface area contributed by atoms with Gasteiger partial charge >= 0.3 is 6.18 Å². The molecule has 0 bridgehead atoms. The molecule has 1 heterocycles. The highest BCUT2D eigenvalue weighted by atomic mass is 79.9. The predicted octanol–water partition coefficient (Wildman–Crippen LogP) is 4.19. The van der Waals surface area contributed by atoms with Crippen molar-refractivity contribution in [2.24, 2.45) is 0 Å². The zero-order chi connectivity index (χ0) is 15.5. The summed E-state index contributed by atoms with van der Waals surface area (Å²) in [7, 11) is 0. The van der Waals surface area contributed by atoms with Crippen molar-refractivity contribution in [1.29, 1.82) is 0 Å². The molecule has 2 aromatic rings. The van der Waals surface area contributed by atoms with E-state index in [4.69, 9.17) is 0 Å². The monoisotopic (exact) mass is 361 g/mol. The molecular weight excluding hydrogens is 347 g/mol. The summed E-state index contributed by atoms with van der Waals surface area (Å²) in [6.45, 7) is 2.85. The fraction of sp³-hybridized carbons (Fsp3) is 0.429. The van der Waals surface area contributed by atoms with Crippen molar-refractivity contribution in [3.8, 4) is 0 Å². The molecule has 0 spiro atoms. The average Bonchev–Trinajstić information content (AvgIpc) is 2.81. The number of halogens is 4. The molecule has 0 radical (unpaired) electrons. The molecule has 0 unspecified atom stereocenters. The maximum Gasteiger partial charge on any atom is 0.416 e. The predicted molar refractivity (Wildman–Crippen MR) is 77.2 cm³/mol. The van der Waals surface area contributed by atoms with Crippen LogP contribution in [0.4, 0.5) is 13.2 Å². The second-order valence-corrected chi connectivity index (χ2v) is 5.25. The first-order valence-electron chi connectivity index (χ1n) is 6.58. The summed E-state index contributed by atoms with van der Waals surface area (Å²) < 4.78 is 39.6. The van der Waals surface area contributed by atoms with E-state index >= 15 is 0 Å². The van der Waals surface area contributed by atoms with Crippen LogP contribution in [0.5, 0.6) is 0 Å². The lowest BCUT2D eigenvalue weighted by Crippen LogP contribution is -2.08. The molecular formula is C14H15BrF3N3. The molecule has 1 aromatic heterocycles. The molecule has 114 valence electrons. The average molecular weight is 362 g/mol. The summed E-state index contributed by atoms with van der Waals surface area (Å²) in [5, 5.41) is 8.83. The van der Waals surface area contributed by atoms with Gasteiger partial charge in [0.25, 0.3) is 0 Å². The van der Waals surface area contributed by atoms with E-state index in [0.29, 0.717) is 11.8 Å². The summed E-state index contributed by atoms with van der Waals surface area (Å²) in [4.78, 5) is 0. The molecule has 1 aromatic carbocycles. The van der Waals surface area contributed by atoms with Gasteiger partial charge < -0.3 is 4.57 Å². The van der Waals surface area contributed by atoms with Crippen molar-refractivity contribution in [2.45, 2.75) is 37.8 Å². The van der Waals surface area contributed by atoms with E-state index < -0.39 is 11.7 Å². The Kier molecular flexibility index (Phi) is 5.03. The largest absolute Gasteiger partial charge is 0.416 e. The van der Waals surface area contributed by atoms with Crippen LogP contribution in [-0.4, -0.2) is 14.8 Å². The summed E-state index contributed by atoms with van der Waals surface area (Å²) in [6, 6.07) is 5.17. The third-order valence-corrected chi connectivity index (χ3v) is 3.62. The molecule has 0 saturated carbocycles. The standard InChI is InChI=1S/C14H15BrF3N3/c1-2-7-21-12(19-20-13(21)9-15)8-10-3-5-11(6-4-10)14(16,17)18/h3-6H,2,7-9H2,1H3. The number of alkyl halides is 4. The van der Waals surface area contributed by atoms with Gasteiger partial charge in [0.1, 0.15) is 11.6 Å². The molecule has 0 atom stereocenters. The molecule has 0 saturated heterocycles. The van der Waals surface area contributed by atoms with Gasteiger partial charge in [-0.2, -0.15) is 13.2 Å². The SMILES string of the molecule is CCCn1c(CBr)nnc1Cc1ccc(C(F)(F)F)cc1. The zero-order valence-electron chi connectivity index (χ0n) is 11.5. The highest BCUT2D eigenvalue weighted by Crippen LogP contribution is 2.29. The Hall–Kier alpha value is -1.37. The molecule has 2 rings (SSSR count). The Morgan fingerprint density at radius 1 is 1.10 bits per heavy atom. The summed E-state index contributed by atoms with van der Waals surface area (Å²) in [5.74, 6) is 1.60. The first-order chi connectivity index (χ1) is 9.95. The van der Waals surface area contributed by atoms with Gasteiger partial charge in [-0.05, 0) is 24.1 Å². The fourth-order valence-corrected chi connectivity index (χ4v) is 2.49. The van der Waals surface area contributed by atoms with Gasteiger partial charge in [0, 0.05) is 13.0 Å². The minimum absolute atomic E-state index is 0.470. The third kappa shape index (κ3) is 3.84. The Balaban J connectivity index is 2.20. The topological polar surface area (TPSA) is 30.7 Å². The highest BCUT2D eigenvalue weighted by molar-refractivity contribution is 9.08. The van der Waals surface area contributed by atoms with E-state index in [1.807, 2.05) is 4.57 Å². The Bertz CT molecular complexity index is 591. The van der Waals surface area contributed by atoms with Crippen LogP contribution in [0, 0.1) is 0 Å². The number of rotatable bonds is 5. The second kappa shape index (κ2) is 6.60. The highest BCUT2D eigenvalue weighted by Gasteiger charge is 2.29. The van der Waals surface area contributed by atoms with Crippen LogP contribution in [0.3, 0.4) is 0 Å². The van der Waals surface area contributed by atoms with E-state index in [2.05, 4.69) is 33.1 Å². The fourth-order valence-electron chi connectivity index (χ4n) is 2.08. The Morgan fingerprint density at radius 3 is 2.24 bits per heavy atom.